The van der Waals surface area contributed by atoms with Crippen LogP contribution < -0.4 is 5.32 Å². The van der Waals surface area contributed by atoms with Crippen LogP contribution in [0.5, 0.6) is 0 Å². The van der Waals surface area contributed by atoms with E-state index in [1.165, 1.54) is 0 Å². The molecule has 2 bridgehead atoms. The normalized spacial score (nSPS) is 25.5. The van der Waals surface area contributed by atoms with Crippen molar-refractivity contribution in [1.82, 2.24) is 4.90 Å². The van der Waals surface area contributed by atoms with Gasteiger partial charge in [-0.25, -0.2) is 4.79 Å². The molecule has 0 spiro atoms. The van der Waals surface area contributed by atoms with Gasteiger partial charge in [0.25, 0.3) is 5.91 Å². The van der Waals surface area contributed by atoms with Crippen LogP contribution in [0.3, 0.4) is 0 Å². The number of hydrogen-bond acceptors (Lipinski definition) is 5. The third-order valence-corrected chi connectivity index (χ3v) is 8.04. The molecule has 1 aliphatic heterocycles. The summed E-state index contributed by atoms with van der Waals surface area (Å²) in [5, 5.41) is 2.77. The topological polar surface area (TPSA) is 92.8 Å². The number of likely N-dealkylation sites (tertiary alicyclic amines) is 1. The van der Waals surface area contributed by atoms with Crippen molar-refractivity contribution in [2.75, 3.05) is 11.9 Å². The number of benzene rings is 2. The van der Waals surface area contributed by atoms with Gasteiger partial charge >= 0.3 is 5.97 Å². The van der Waals surface area contributed by atoms with Crippen molar-refractivity contribution in [3.05, 3.63) is 65.2 Å². The number of ether oxygens (including phenoxy) is 1. The van der Waals surface area contributed by atoms with E-state index in [9.17, 15) is 19.2 Å². The van der Waals surface area contributed by atoms with Gasteiger partial charge in [-0.3, -0.25) is 19.3 Å². The average Bonchev–Trinajstić information content (AvgIpc) is 3.53. The predicted molar refractivity (Wildman–Crippen MR) is 129 cm³/mol. The van der Waals surface area contributed by atoms with Crippen LogP contribution in [0.2, 0.25) is 0 Å². The predicted octanol–water partition coefficient (Wildman–Crippen LogP) is 3.43. The first-order valence-corrected chi connectivity index (χ1v) is 12.3. The Bertz CT molecular complexity index is 1150. The maximum Gasteiger partial charge on any atom is 0.330 e. The molecular weight excluding hydrogens is 444 g/mol. The highest BCUT2D eigenvalue weighted by atomic mass is 16.5. The van der Waals surface area contributed by atoms with Crippen molar-refractivity contribution in [3.8, 4) is 0 Å². The molecule has 2 aliphatic carbocycles. The van der Waals surface area contributed by atoms with Crippen LogP contribution in [0.4, 0.5) is 5.69 Å². The van der Waals surface area contributed by atoms with Gasteiger partial charge in [-0.1, -0.05) is 42.5 Å². The second-order valence-electron chi connectivity index (χ2n) is 10.0. The highest BCUT2D eigenvalue weighted by Gasteiger charge is 2.62. The SMILES string of the molecule is Cc1cccc(NC(=O)COC(=O)[C@H](Cc2ccccc2)N2C(=O)[C@@H]3[C@H]4CC[C@@H](C4)[C@@H]3C2=O)c1C. The Kier molecular flexibility index (Phi) is 6.17. The molecule has 5 rings (SSSR count). The maximum atomic E-state index is 13.4. The standard InChI is InChI=1S/C28H30N2O5/c1-16-7-6-10-21(17(16)2)29-23(31)15-35-28(34)22(13-18-8-4-3-5-9-18)30-26(32)24-19-11-12-20(14-19)25(24)27(30)33/h3-10,19-20,22,24-25H,11-15H2,1-2H3,(H,29,31)/t19-,20-,22-,24-,25+/m0/s1. The van der Waals surface area contributed by atoms with Crippen molar-refractivity contribution in [1.29, 1.82) is 0 Å². The van der Waals surface area contributed by atoms with Crippen LogP contribution >= 0.6 is 0 Å². The highest BCUT2D eigenvalue weighted by molar-refractivity contribution is 6.08. The lowest BCUT2D eigenvalue weighted by Crippen LogP contribution is -2.48. The van der Waals surface area contributed by atoms with E-state index in [-0.39, 0.29) is 41.9 Å². The molecule has 1 saturated heterocycles. The summed E-state index contributed by atoms with van der Waals surface area (Å²) in [6, 6.07) is 13.7. The molecule has 3 fully saturated rings. The molecule has 1 N–H and O–H groups in total. The lowest BCUT2D eigenvalue weighted by molar-refractivity contribution is -0.160. The van der Waals surface area contributed by atoms with Crippen LogP contribution in [0.25, 0.3) is 0 Å². The Morgan fingerprint density at radius 2 is 1.63 bits per heavy atom. The van der Waals surface area contributed by atoms with E-state index in [4.69, 9.17) is 4.74 Å². The third kappa shape index (κ3) is 4.24. The van der Waals surface area contributed by atoms with Crippen molar-refractivity contribution in [2.24, 2.45) is 23.7 Å². The molecule has 1 heterocycles. The fourth-order valence-electron chi connectivity index (χ4n) is 6.16. The Hall–Kier alpha value is -3.48. The number of rotatable bonds is 7. The summed E-state index contributed by atoms with van der Waals surface area (Å²) in [5.41, 5.74) is 3.44. The number of aryl methyl sites for hydroxylation is 1. The van der Waals surface area contributed by atoms with Gasteiger partial charge in [-0.05, 0) is 67.7 Å². The lowest BCUT2D eigenvalue weighted by Gasteiger charge is -2.26. The van der Waals surface area contributed by atoms with Gasteiger partial charge in [0, 0.05) is 12.1 Å². The number of nitrogens with zero attached hydrogens (tertiary/aromatic N) is 1. The fraction of sp³-hybridized carbons (Fsp3) is 0.429. The monoisotopic (exact) mass is 474 g/mol. The highest BCUT2D eigenvalue weighted by Crippen LogP contribution is 2.56. The lowest BCUT2D eigenvalue weighted by atomic mass is 9.81. The molecule has 0 radical (unpaired) electrons. The molecule has 3 amide bonds. The number of esters is 1. The minimum atomic E-state index is -1.09. The zero-order valence-electron chi connectivity index (χ0n) is 20.0. The second-order valence-corrected chi connectivity index (χ2v) is 10.0. The summed E-state index contributed by atoms with van der Waals surface area (Å²) in [6.07, 6.45) is 3.01. The minimum absolute atomic E-state index is 0.157. The summed E-state index contributed by atoms with van der Waals surface area (Å²) in [7, 11) is 0. The van der Waals surface area contributed by atoms with Crippen LogP contribution in [0.15, 0.2) is 48.5 Å². The number of nitrogens with one attached hydrogen (secondary N) is 1. The summed E-state index contributed by atoms with van der Waals surface area (Å²) >= 11 is 0. The first kappa shape index (κ1) is 23.3. The van der Waals surface area contributed by atoms with Gasteiger partial charge in [-0.2, -0.15) is 0 Å². The van der Waals surface area contributed by atoms with Gasteiger partial charge in [0.15, 0.2) is 6.61 Å². The van der Waals surface area contributed by atoms with Gasteiger partial charge in [-0.15, -0.1) is 0 Å². The second kappa shape index (κ2) is 9.29. The molecule has 5 atom stereocenters. The van der Waals surface area contributed by atoms with Crippen molar-refractivity contribution < 1.29 is 23.9 Å². The molecule has 3 aliphatic rings. The molecule has 2 aromatic rings. The number of imide groups is 1. The maximum absolute atomic E-state index is 13.4. The minimum Gasteiger partial charge on any atom is -0.454 e. The van der Waals surface area contributed by atoms with E-state index in [0.29, 0.717) is 5.69 Å². The molecule has 7 heteroatoms. The van der Waals surface area contributed by atoms with Gasteiger partial charge in [0.2, 0.25) is 11.8 Å². The summed E-state index contributed by atoms with van der Waals surface area (Å²) in [6.45, 7) is 3.36. The van der Waals surface area contributed by atoms with Crippen LogP contribution in [-0.4, -0.2) is 41.2 Å². The van der Waals surface area contributed by atoms with Crippen molar-refractivity contribution in [3.63, 3.8) is 0 Å². The Morgan fingerprint density at radius 1 is 0.971 bits per heavy atom. The van der Waals surface area contributed by atoms with E-state index in [2.05, 4.69) is 5.32 Å². The van der Waals surface area contributed by atoms with E-state index in [0.717, 1.165) is 40.9 Å². The Balaban J connectivity index is 1.32. The zero-order chi connectivity index (χ0) is 24.7. The Morgan fingerprint density at radius 3 is 2.29 bits per heavy atom. The molecule has 2 saturated carbocycles. The van der Waals surface area contributed by atoms with E-state index < -0.39 is 24.5 Å². The van der Waals surface area contributed by atoms with Crippen LogP contribution in [0, 0.1) is 37.5 Å². The zero-order valence-corrected chi connectivity index (χ0v) is 20.0. The first-order valence-electron chi connectivity index (χ1n) is 12.3. The smallest absolute Gasteiger partial charge is 0.330 e. The van der Waals surface area contributed by atoms with E-state index in [1.54, 1.807) is 6.07 Å². The Labute approximate surface area is 204 Å². The number of carbonyl (C=O) groups excluding carboxylic acids is 4. The van der Waals surface area contributed by atoms with E-state index in [1.807, 2.05) is 56.3 Å². The third-order valence-electron chi connectivity index (χ3n) is 8.04. The summed E-state index contributed by atoms with van der Waals surface area (Å²) in [4.78, 5) is 53.7. The van der Waals surface area contributed by atoms with Gasteiger partial charge < -0.3 is 10.1 Å². The summed E-state index contributed by atoms with van der Waals surface area (Å²) < 4.78 is 5.38. The molecule has 7 nitrogen and oxygen atoms in total. The average molecular weight is 475 g/mol. The molecule has 2 aromatic carbocycles. The first-order chi connectivity index (χ1) is 16.8. The van der Waals surface area contributed by atoms with Crippen LogP contribution in [0.1, 0.15) is 36.0 Å². The molecular formula is C28H30N2O5. The number of anilines is 1. The van der Waals surface area contributed by atoms with Crippen molar-refractivity contribution in [2.45, 2.75) is 45.6 Å². The molecule has 0 unspecified atom stereocenters. The molecule has 0 aromatic heterocycles. The van der Waals surface area contributed by atoms with Crippen LogP contribution in [-0.2, 0) is 30.3 Å². The molecule has 35 heavy (non-hydrogen) atoms. The fourth-order valence-corrected chi connectivity index (χ4v) is 6.16. The van der Waals surface area contributed by atoms with Gasteiger partial charge in [0.05, 0.1) is 11.8 Å². The number of amides is 3. The molecule has 182 valence electrons. The van der Waals surface area contributed by atoms with Crippen molar-refractivity contribution >= 4 is 29.4 Å². The number of hydrogen-bond donors (Lipinski definition) is 1. The number of carbonyl (C=O) groups is 4. The summed E-state index contributed by atoms with van der Waals surface area (Å²) in [5.74, 6) is -1.92. The quantitative estimate of drug-likeness (QED) is 0.490. The van der Waals surface area contributed by atoms with Gasteiger partial charge in [0.1, 0.15) is 6.04 Å². The largest absolute Gasteiger partial charge is 0.454 e. The van der Waals surface area contributed by atoms with E-state index >= 15 is 0 Å². The number of fused-ring (bicyclic) bond motifs is 5.